The molecule has 0 saturated carbocycles. The zero-order valence-corrected chi connectivity index (χ0v) is 19.3. The Morgan fingerprint density at radius 3 is 2.06 bits per heavy atom. The van der Waals surface area contributed by atoms with E-state index in [0.29, 0.717) is 46.2 Å². The smallest absolute Gasteiger partial charge is 0.246 e. The molecular weight excluding hydrogens is 411 g/mol. The van der Waals surface area contributed by atoms with Crippen molar-refractivity contribution in [3.05, 3.63) is 0 Å². The van der Waals surface area contributed by atoms with Crippen LogP contribution in [0.25, 0.3) is 0 Å². The minimum absolute atomic E-state index is 0.0361. The van der Waals surface area contributed by atoms with Gasteiger partial charge >= 0.3 is 0 Å². The number of hydrogen-bond acceptors (Lipinski definition) is 7. The van der Waals surface area contributed by atoms with Crippen molar-refractivity contribution >= 4 is 11.8 Å². The molecule has 0 bridgehead atoms. The first-order valence-corrected chi connectivity index (χ1v) is 11.0. The highest BCUT2D eigenvalue weighted by Gasteiger charge is 2.14. The topological polar surface area (TPSA) is 104 Å². The van der Waals surface area contributed by atoms with E-state index in [9.17, 15) is 14.0 Å². The zero-order valence-electron chi connectivity index (χ0n) is 19.3. The van der Waals surface area contributed by atoms with E-state index < -0.39 is 6.17 Å². The SMILES string of the molecule is CCCCC(C)C(=O)NCC(F)COCCOCCOCCOCCNC(=O)COC. The second-order valence-electron chi connectivity index (χ2n) is 7.08. The molecule has 0 heterocycles. The van der Waals surface area contributed by atoms with Crippen molar-refractivity contribution in [3.63, 3.8) is 0 Å². The van der Waals surface area contributed by atoms with Crippen LogP contribution in [0.4, 0.5) is 4.39 Å². The third-order valence-corrected chi connectivity index (χ3v) is 4.19. The zero-order chi connectivity index (χ0) is 23.2. The molecule has 0 saturated heterocycles. The van der Waals surface area contributed by atoms with Crippen LogP contribution in [-0.4, -0.2) is 97.6 Å². The number of carbonyl (C=O) groups excluding carboxylic acids is 2. The first kappa shape index (κ1) is 29.7. The second kappa shape index (κ2) is 21.9. The van der Waals surface area contributed by atoms with E-state index in [1.54, 1.807) is 0 Å². The van der Waals surface area contributed by atoms with Crippen LogP contribution in [0.15, 0.2) is 0 Å². The van der Waals surface area contributed by atoms with Gasteiger partial charge in [-0.05, 0) is 6.42 Å². The van der Waals surface area contributed by atoms with E-state index in [1.807, 2.05) is 6.92 Å². The molecule has 0 aromatic rings. The molecule has 0 aliphatic heterocycles. The van der Waals surface area contributed by atoms with Gasteiger partial charge in [-0.2, -0.15) is 0 Å². The highest BCUT2D eigenvalue weighted by Crippen LogP contribution is 2.07. The third kappa shape index (κ3) is 20.3. The van der Waals surface area contributed by atoms with Crippen LogP contribution in [0.3, 0.4) is 0 Å². The van der Waals surface area contributed by atoms with Crippen LogP contribution in [0.2, 0.25) is 0 Å². The van der Waals surface area contributed by atoms with Gasteiger partial charge in [-0.3, -0.25) is 9.59 Å². The van der Waals surface area contributed by atoms with Gasteiger partial charge in [0.15, 0.2) is 0 Å². The molecule has 0 fully saturated rings. The van der Waals surface area contributed by atoms with Crippen LogP contribution in [0, 0.1) is 5.92 Å². The second-order valence-corrected chi connectivity index (χ2v) is 7.08. The van der Waals surface area contributed by atoms with E-state index in [1.165, 1.54) is 7.11 Å². The fourth-order valence-corrected chi connectivity index (χ4v) is 2.40. The normalized spacial score (nSPS) is 13.0. The first-order valence-electron chi connectivity index (χ1n) is 11.0. The van der Waals surface area contributed by atoms with Crippen LogP contribution in [-0.2, 0) is 33.3 Å². The molecule has 10 heteroatoms. The van der Waals surface area contributed by atoms with Crippen LogP contribution >= 0.6 is 0 Å². The highest BCUT2D eigenvalue weighted by atomic mass is 19.1. The number of alkyl halides is 1. The fraction of sp³-hybridized carbons (Fsp3) is 0.905. The van der Waals surface area contributed by atoms with Gasteiger partial charge in [0.05, 0.1) is 59.4 Å². The van der Waals surface area contributed by atoms with Crippen LogP contribution < -0.4 is 10.6 Å². The van der Waals surface area contributed by atoms with E-state index in [-0.39, 0.29) is 44.1 Å². The maximum absolute atomic E-state index is 13.7. The summed E-state index contributed by atoms with van der Waals surface area (Å²) in [4.78, 5) is 22.9. The predicted octanol–water partition coefficient (Wildman–Crippen LogP) is 1.10. The summed E-state index contributed by atoms with van der Waals surface area (Å²) in [6.45, 7) is 6.99. The molecule has 2 unspecified atom stereocenters. The highest BCUT2D eigenvalue weighted by molar-refractivity contribution is 5.78. The lowest BCUT2D eigenvalue weighted by atomic mass is 10.0. The van der Waals surface area contributed by atoms with Crippen LogP contribution in [0.1, 0.15) is 33.1 Å². The van der Waals surface area contributed by atoms with Crippen molar-refractivity contribution < 1.29 is 37.7 Å². The monoisotopic (exact) mass is 452 g/mol. The molecule has 0 aromatic heterocycles. The predicted molar refractivity (Wildman–Crippen MR) is 115 cm³/mol. The number of amides is 2. The molecule has 0 spiro atoms. The number of ether oxygens (including phenoxy) is 5. The maximum atomic E-state index is 13.7. The van der Waals surface area contributed by atoms with Gasteiger partial charge in [-0.25, -0.2) is 4.39 Å². The molecule has 9 nitrogen and oxygen atoms in total. The summed E-state index contributed by atoms with van der Waals surface area (Å²) in [5.74, 6) is -0.382. The molecular formula is C21H41FN2O7. The Kier molecular flexibility index (Phi) is 20.9. The molecule has 2 amide bonds. The summed E-state index contributed by atoms with van der Waals surface area (Å²) < 4.78 is 39.6. The standard InChI is InChI=1S/C21H41FN2O7/c1-4-5-6-18(2)21(26)24-15-19(22)16-31-14-13-30-12-11-29-10-9-28-8-7-23-20(25)17-27-3/h18-19H,4-17H2,1-3H3,(H,23,25)(H,24,26). The number of hydrogen-bond donors (Lipinski definition) is 2. The van der Waals surface area contributed by atoms with Crippen molar-refractivity contribution in [3.8, 4) is 0 Å². The Labute approximate surface area is 185 Å². The molecule has 2 atom stereocenters. The van der Waals surface area contributed by atoms with Gasteiger partial charge < -0.3 is 34.3 Å². The minimum atomic E-state index is -1.24. The Morgan fingerprint density at radius 1 is 0.903 bits per heavy atom. The molecule has 2 N–H and O–H groups in total. The number of carbonyl (C=O) groups is 2. The van der Waals surface area contributed by atoms with Crippen molar-refractivity contribution in [2.75, 3.05) is 79.7 Å². The van der Waals surface area contributed by atoms with Gasteiger partial charge in [-0.1, -0.05) is 26.7 Å². The molecule has 0 radical (unpaired) electrons. The Bertz CT molecular complexity index is 444. The van der Waals surface area contributed by atoms with E-state index >= 15 is 0 Å². The van der Waals surface area contributed by atoms with Crippen molar-refractivity contribution in [1.29, 1.82) is 0 Å². The van der Waals surface area contributed by atoms with Crippen molar-refractivity contribution in [2.45, 2.75) is 39.3 Å². The summed E-state index contributed by atoms with van der Waals surface area (Å²) in [7, 11) is 1.46. The van der Waals surface area contributed by atoms with Crippen molar-refractivity contribution in [1.82, 2.24) is 10.6 Å². The summed E-state index contributed by atoms with van der Waals surface area (Å²) in [6, 6.07) is 0. The maximum Gasteiger partial charge on any atom is 0.246 e. The summed E-state index contributed by atoms with van der Waals surface area (Å²) in [6.07, 6.45) is 1.61. The number of unbranched alkanes of at least 4 members (excludes halogenated alkanes) is 1. The van der Waals surface area contributed by atoms with E-state index in [2.05, 4.69) is 22.3 Å². The quantitative estimate of drug-likeness (QED) is 0.237. The van der Waals surface area contributed by atoms with Crippen molar-refractivity contribution in [2.24, 2.45) is 5.92 Å². The molecule has 0 aliphatic rings. The average molecular weight is 453 g/mol. The molecule has 31 heavy (non-hydrogen) atoms. The van der Waals surface area contributed by atoms with Crippen LogP contribution in [0.5, 0.6) is 0 Å². The molecule has 0 aromatic carbocycles. The summed E-state index contributed by atoms with van der Waals surface area (Å²) in [5, 5.41) is 5.27. The van der Waals surface area contributed by atoms with E-state index in [4.69, 9.17) is 18.9 Å². The lowest BCUT2D eigenvalue weighted by molar-refractivity contribution is -0.125. The number of nitrogens with one attached hydrogen (secondary N) is 2. The van der Waals surface area contributed by atoms with Gasteiger partial charge in [-0.15, -0.1) is 0 Å². The van der Waals surface area contributed by atoms with Gasteiger partial charge in [0.25, 0.3) is 0 Å². The third-order valence-electron chi connectivity index (χ3n) is 4.19. The first-order chi connectivity index (χ1) is 15.0. The van der Waals surface area contributed by atoms with Gasteiger partial charge in [0.1, 0.15) is 12.8 Å². The molecule has 184 valence electrons. The largest absolute Gasteiger partial charge is 0.377 e. The Morgan fingerprint density at radius 2 is 1.48 bits per heavy atom. The Balaban J connectivity index is 3.33. The number of halogens is 1. The summed E-state index contributed by atoms with van der Waals surface area (Å²) in [5.41, 5.74) is 0. The number of methoxy groups -OCH3 is 1. The number of rotatable bonds is 22. The fourth-order valence-electron chi connectivity index (χ4n) is 2.40. The summed E-state index contributed by atoms with van der Waals surface area (Å²) >= 11 is 0. The molecule has 0 rings (SSSR count). The lowest BCUT2D eigenvalue weighted by Crippen LogP contribution is -2.35. The van der Waals surface area contributed by atoms with E-state index in [0.717, 1.165) is 19.3 Å². The molecule has 0 aliphatic carbocycles. The van der Waals surface area contributed by atoms with Gasteiger partial charge in [0, 0.05) is 19.6 Å². The minimum Gasteiger partial charge on any atom is -0.377 e. The average Bonchev–Trinajstić information content (AvgIpc) is 2.76. The Hall–Kier alpha value is -1.33. The lowest BCUT2D eigenvalue weighted by Gasteiger charge is -2.14. The van der Waals surface area contributed by atoms with Gasteiger partial charge in [0.2, 0.25) is 11.8 Å².